The molecule has 4 aromatic rings. The van der Waals surface area contributed by atoms with Crippen molar-refractivity contribution in [1.29, 1.82) is 0 Å². The summed E-state index contributed by atoms with van der Waals surface area (Å²) < 4.78 is 12.5. The molecule has 2 fully saturated rings. The summed E-state index contributed by atoms with van der Waals surface area (Å²) in [5.41, 5.74) is 2.88. The van der Waals surface area contributed by atoms with E-state index in [0.717, 1.165) is 10.9 Å². The van der Waals surface area contributed by atoms with Gasteiger partial charge < -0.3 is 47.1 Å². The highest BCUT2D eigenvalue weighted by molar-refractivity contribution is 7.98. The molecule has 0 radical (unpaired) electrons. The van der Waals surface area contributed by atoms with Gasteiger partial charge in [-0.15, -0.1) is 0 Å². The second kappa shape index (κ2) is 27.8. The number of para-hydroxylation sites is 1. The van der Waals surface area contributed by atoms with Crippen LogP contribution in [0, 0.1) is 11.8 Å². The van der Waals surface area contributed by atoms with E-state index in [-0.39, 0.29) is 63.2 Å². The Morgan fingerprint density at radius 2 is 1.09 bits per heavy atom. The first-order valence-electron chi connectivity index (χ1n) is 25.8. The van der Waals surface area contributed by atoms with Crippen LogP contribution in [-0.2, 0) is 68.4 Å². The zero-order chi connectivity index (χ0) is 54.2. The van der Waals surface area contributed by atoms with E-state index in [1.807, 2.05) is 56.5 Å². The predicted molar refractivity (Wildman–Crippen MR) is 291 cm³/mol. The summed E-state index contributed by atoms with van der Waals surface area (Å²) in [6, 6.07) is 15.8. The van der Waals surface area contributed by atoms with Gasteiger partial charge in [0.05, 0.1) is 0 Å². The summed E-state index contributed by atoms with van der Waals surface area (Å²) in [5, 5.41) is 20.9. The number of aromatic nitrogens is 1. The molecule has 3 heterocycles. The monoisotopic (exact) mass is 1070 g/mol. The zero-order valence-corrected chi connectivity index (χ0v) is 45.3. The maximum atomic E-state index is 14.9. The number of thioether (sulfide) groups is 1. The van der Waals surface area contributed by atoms with Crippen molar-refractivity contribution >= 4 is 80.7 Å². The van der Waals surface area contributed by atoms with Gasteiger partial charge in [0.1, 0.15) is 48.3 Å². The lowest BCUT2D eigenvalue weighted by Crippen LogP contribution is -2.62. The van der Waals surface area contributed by atoms with Gasteiger partial charge >= 0.3 is 0 Å². The second-order valence-electron chi connectivity index (χ2n) is 20.2. The lowest BCUT2D eigenvalue weighted by Gasteiger charge is -2.32. The SMILES string of the molecule is CSCC[C@@H]1NC(=O)[C@H](C(C)C)NC(=O)[C@H](Cc2c[nH]c3ccccc23)NC(=O)[C@H](Cc2ccccc2)NC(=O)[C@H](Cc2ccccc2)NC(=O)[C@@H]2CCCN2C(=O)[C@H](CC[S@](C)=O)NC(=O)[C@H](CC(C)C)NC1=O. The minimum atomic E-state index is -1.37. The Morgan fingerprint density at radius 1 is 0.587 bits per heavy atom. The average Bonchev–Trinajstić information content (AvgIpc) is 4.05. The lowest BCUT2D eigenvalue weighted by molar-refractivity contribution is -0.142. The molecule has 18 nitrogen and oxygen atoms in total. The molecule has 2 aliphatic rings. The van der Waals surface area contributed by atoms with Crippen molar-refractivity contribution < 1.29 is 42.6 Å². The van der Waals surface area contributed by atoms with Crippen molar-refractivity contribution in [1.82, 2.24) is 47.1 Å². The standard InChI is InChI=1S/C55H73N9O9S2/c1-33(2)28-42-49(66)58-41(24-27-75(6)73)55(72)64-25-15-22-46(64)53(70)62-44(30-36-18-11-8-12-19-36)51(68)60-43(29-35-16-9-7-10-17-35)50(67)61-45(31-37-32-56-39-21-14-13-20-38(37)39)52(69)63-47(34(3)4)54(71)57-40(23-26-74-5)48(65)59-42/h7-14,16-21,32-34,40-47,56H,15,22-31H2,1-6H3,(H,57,71)(H,58,66)(H,59,65)(H,60,68)(H,61,67)(H,62,70)(H,63,69)/t40-,41-,42-,43-,44-,45-,46-,47-,75-/m0/s1. The number of aromatic amines is 1. The van der Waals surface area contributed by atoms with Gasteiger partial charge in [-0.3, -0.25) is 42.6 Å². The van der Waals surface area contributed by atoms with E-state index < -0.39 is 112 Å². The Balaban J connectivity index is 1.44. The smallest absolute Gasteiger partial charge is 0.245 e. The van der Waals surface area contributed by atoms with E-state index in [9.17, 15) is 42.6 Å². The Bertz CT molecular complexity index is 2650. The van der Waals surface area contributed by atoms with Crippen molar-refractivity contribution in [2.45, 2.75) is 127 Å². The van der Waals surface area contributed by atoms with Gasteiger partial charge in [0.25, 0.3) is 0 Å². The van der Waals surface area contributed by atoms with Crippen LogP contribution in [0.15, 0.2) is 91.1 Å². The highest BCUT2D eigenvalue weighted by Gasteiger charge is 2.41. The summed E-state index contributed by atoms with van der Waals surface area (Å²) in [6.07, 6.45) is 5.98. The fraction of sp³-hybridized carbons (Fsp3) is 0.491. The number of fused-ring (bicyclic) bond motifs is 2. The molecule has 20 heteroatoms. The van der Waals surface area contributed by atoms with Gasteiger partial charge in [-0.2, -0.15) is 11.8 Å². The van der Waals surface area contributed by atoms with Crippen LogP contribution in [-0.4, -0.2) is 140 Å². The molecule has 0 unspecified atom stereocenters. The Hall–Kier alpha value is -6.54. The minimum absolute atomic E-state index is 0.00506. The molecule has 9 atom stereocenters. The van der Waals surface area contributed by atoms with Crippen LogP contribution in [0.1, 0.15) is 76.5 Å². The summed E-state index contributed by atoms with van der Waals surface area (Å²) in [4.78, 5) is 122. The van der Waals surface area contributed by atoms with Crippen LogP contribution in [0.4, 0.5) is 0 Å². The average molecular weight is 1070 g/mol. The van der Waals surface area contributed by atoms with Crippen LogP contribution in [0.2, 0.25) is 0 Å². The largest absolute Gasteiger partial charge is 0.361 e. The Labute approximate surface area is 446 Å². The molecular weight excluding hydrogens is 995 g/mol. The third-order valence-electron chi connectivity index (χ3n) is 13.5. The van der Waals surface area contributed by atoms with E-state index in [0.29, 0.717) is 28.9 Å². The number of rotatable bonds is 15. The van der Waals surface area contributed by atoms with Crippen LogP contribution in [0.3, 0.4) is 0 Å². The maximum Gasteiger partial charge on any atom is 0.245 e. The fourth-order valence-corrected chi connectivity index (χ4v) is 10.5. The van der Waals surface area contributed by atoms with Crippen LogP contribution in [0.25, 0.3) is 10.9 Å². The quantitative estimate of drug-likeness (QED) is 0.0864. The second-order valence-corrected chi connectivity index (χ2v) is 22.7. The van der Waals surface area contributed by atoms with E-state index in [1.165, 1.54) is 22.9 Å². The maximum absolute atomic E-state index is 14.9. The molecule has 2 saturated heterocycles. The molecule has 6 rings (SSSR count). The molecule has 8 amide bonds. The topological polar surface area (TPSA) is 257 Å². The molecule has 0 bridgehead atoms. The molecule has 8 N–H and O–H groups in total. The highest BCUT2D eigenvalue weighted by atomic mass is 32.2. The lowest BCUT2D eigenvalue weighted by atomic mass is 9.99. The third kappa shape index (κ3) is 16.5. The molecule has 0 saturated carbocycles. The first-order valence-corrected chi connectivity index (χ1v) is 28.9. The third-order valence-corrected chi connectivity index (χ3v) is 15.0. The number of nitrogens with zero attached hydrogens (tertiary/aromatic N) is 1. The number of amides is 8. The van der Waals surface area contributed by atoms with Gasteiger partial charge in [-0.05, 0) is 78.7 Å². The number of hydrogen-bond acceptors (Lipinski definition) is 10. The van der Waals surface area contributed by atoms with E-state index in [2.05, 4.69) is 42.2 Å². The van der Waals surface area contributed by atoms with Crippen molar-refractivity contribution in [3.63, 3.8) is 0 Å². The molecule has 75 heavy (non-hydrogen) atoms. The normalized spacial score (nSPS) is 24.6. The molecular formula is C55H73N9O9S2. The van der Waals surface area contributed by atoms with Gasteiger partial charge in [-0.25, -0.2) is 0 Å². The number of H-pyrrole nitrogens is 1. The highest BCUT2D eigenvalue weighted by Crippen LogP contribution is 2.22. The number of benzene rings is 3. The summed E-state index contributed by atoms with van der Waals surface area (Å²) >= 11 is 1.45. The van der Waals surface area contributed by atoms with Crippen LogP contribution in [0.5, 0.6) is 0 Å². The number of hydrogen-bond donors (Lipinski definition) is 8. The van der Waals surface area contributed by atoms with E-state index in [1.54, 1.807) is 68.6 Å². The summed E-state index contributed by atoms with van der Waals surface area (Å²) in [5.74, 6) is -5.50. The number of carbonyl (C=O) groups is 8. The molecule has 0 aliphatic carbocycles. The molecule has 404 valence electrons. The first kappa shape index (κ1) is 57.7. The minimum Gasteiger partial charge on any atom is -0.361 e. The van der Waals surface area contributed by atoms with E-state index >= 15 is 0 Å². The van der Waals surface area contributed by atoms with Crippen molar-refractivity contribution in [3.8, 4) is 0 Å². The van der Waals surface area contributed by atoms with E-state index in [4.69, 9.17) is 0 Å². The van der Waals surface area contributed by atoms with Gasteiger partial charge in [0, 0.05) is 65.7 Å². The van der Waals surface area contributed by atoms with Gasteiger partial charge in [0.2, 0.25) is 47.3 Å². The van der Waals surface area contributed by atoms with Crippen molar-refractivity contribution in [3.05, 3.63) is 108 Å². The molecule has 2 aliphatic heterocycles. The molecule has 1 aromatic heterocycles. The zero-order valence-electron chi connectivity index (χ0n) is 43.6. The van der Waals surface area contributed by atoms with Crippen molar-refractivity contribution in [2.75, 3.05) is 30.6 Å². The Kier molecular flexibility index (Phi) is 21.4. The fourth-order valence-electron chi connectivity index (χ4n) is 9.51. The molecule has 3 aromatic carbocycles. The number of nitrogens with one attached hydrogen (secondary N) is 8. The number of carbonyl (C=O) groups excluding carboxylic acids is 8. The van der Waals surface area contributed by atoms with Gasteiger partial charge in [-0.1, -0.05) is 107 Å². The predicted octanol–water partition coefficient (Wildman–Crippen LogP) is 2.82. The first-order chi connectivity index (χ1) is 35.9. The summed E-state index contributed by atoms with van der Waals surface area (Å²) in [6.45, 7) is 7.36. The van der Waals surface area contributed by atoms with Crippen LogP contribution >= 0.6 is 11.8 Å². The van der Waals surface area contributed by atoms with Crippen LogP contribution < -0.4 is 37.2 Å². The Morgan fingerprint density at radius 3 is 1.68 bits per heavy atom. The summed E-state index contributed by atoms with van der Waals surface area (Å²) in [7, 11) is -1.37. The van der Waals surface area contributed by atoms with Gasteiger partial charge in [0.15, 0.2) is 0 Å². The van der Waals surface area contributed by atoms with Crippen molar-refractivity contribution in [2.24, 2.45) is 11.8 Å². The molecule has 0 spiro atoms.